The molecule has 0 heterocycles. The van der Waals surface area contributed by atoms with Crippen molar-refractivity contribution in [1.82, 2.24) is 0 Å². The summed E-state index contributed by atoms with van der Waals surface area (Å²) in [5.41, 5.74) is 6.89. The van der Waals surface area contributed by atoms with Crippen LogP contribution < -0.4 is 11.1 Å². The zero-order chi connectivity index (χ0) is 15.6. The number of hydrogen-bond acceptors (Lipinski definition) is 4. The summed E-state index contributed by atoms with van der Waals surface area (Å²) in [7, 11) is 0. The summed E-state index contributed by atoms with van der Waals surface area (Å²) >= 11 is 6.00. The van der Waals surface area contributed by atoms with Crippen molar-refractivity contribution in [1.29, 1.82) is 0 Å². The molecule has 0 atom stereocenters. The van der Waals surface area contributed by atoms with E-state index >= 15 is 0 Å². The molecule has 0 fully saturated rings. The first-order valence-corrected chi connectivity index (χ1v) is 6.37. The van der Waals surface area contributed by atoms with Crippen LogP contribution in [0.25, 0.3) is 0 Å². The molecule has 6 nitrogen and oxygen atoms in total. The van der Waals surface area contributed by atoms with Gasteiger partial charge in [0.05, 0.1) is 15.6 Å². The van der Waals surface area contributed by atoms with Crippen LogP contribution >= 0.6 is 11.6 Å². The summed E-state index contributed by atoms with van der Waals surface area (Å²) in [4.78, 5) is 22.2. The molecule has 0 aliphatic heterocycles. The normalized spacial score (nSPS) is 10.2. The van der Waals surface area contributed by atoms with Gasteiger partial charge in [0.25, 0.3) is 11.6 Å². The molecule has 2 rings (SSSR count). The average Bonchev–Trinajstić information content (AvgIpc) is 2.42. The Kier molecular flexibility index (Phi) is 4.09. The number of hydrogen-bond donors (Lipinski definition) is 2. The Bertz CT molecular complexity index is 731. The number of nitrogens with zero attached hydrogens (tertiary/aromatic N) is 1. The molecule has 0 aromatic heterocycles. The number of rotatable bonds is 3. The fraction of sp³-hybridized carbons (Fsp3) is 0.0714. The Morgan fingerprint density at radius 3 is 2.62 bits per heavy atom. The van der Waals surface area contributed by atoms with E-state index in [1.807, 2.05) is 13.0 Å². The number of benzene rings is 2. The molecule has 1 amide bonds. The number of nitro groups is 1. The smallest absolute Gasteiger partial charge is 0.292 e. The van der Waals surface area contributed by atoms with Gasteiger partial charge in [0.1, 0.15) is 5.69 Å². The lowest BCUT2D eigenvalue weighted by molar-refractivity contribution is -0.383. The molecule has 0 aliphatic rings. The highest BCUT2D eigenvalue weighted by Gasteiger charge is 2.15. The van der Waals surface area contributed by atoms with Crippen molar-refractivity contribution in [3.8, 4) is 0 Å². The fourth-order valence-corrected chi connectivity index (χ4v) is 1.96. The molecule has 0 aliphatic carbocycles. The van der Waals surface area contributed by atoms with Gasteiger partial charge in [-0.2, -0.15) is 0 Å². The minimum absolute atomic E-state index is 0.0667. The third kappa shape index (κ3) is 3.29. The third-order valence-electron chi connectivity index (χ3n) is 2.86. The van der Waals surface area contributed by atoms with Gasteiger partial charge in [-0.15, -0.1) is 0 Å². The quantitative estimate of drug-likeness (QED) is 0.516. The highest BCUT2D eigenvalue weighted by Crippen LogP contribution is 2.25. The largest absolute Gasteiger partial charge is 0.393 e. The van der Waals surface area contributed by atoms with Crippen molar-refractivity contribution in [2.45, 2.75) is 6.92 Å². The van der Waals surface area contributed by atoms with Crippen LogP contribution in [0.15, 0.2) is 36.4 Å². The van der Waals surface area contributed by atoms with Crippen molar-refractivity contribution >= 4 is 34.6 Å². The third-order valence-corrected chi connectivity index (χ3v) is 3.19. The van der Waals surface area contributed by atoms with E-state index in [0.29, 0.717) is 10.7 Å². The van der Waals surface area contributed by atoms with Crippen LogP contribution in [-0.2, 0) is 0 Å². The Morgan fingerprint density at radius 2 is 2.00 bits per heavy atom. The predicted octanol–water partition coefficient (Wildman–Crippen LogP) is 3.39. The van der Waals surface area contributed by atoms with Crippen molar-refractivity contribution < 1.29 is 9.72 Å². The number of halogens is 1. The summed E-state index contributed by atoms with van der Waals surface area (Å²) in [6.07, 6.45) is 0. The molecule has 0 unspecified atom stereocenters. The number of carbonyl (C=O) groups excluding carboxylic acids is 1. The van der Waals surface area contributed by atoms with Gasteiger partial charge in [-0.25, -0.2) is 0 Å². The number of nitrogens with two attached hydrogens (primary N) is 1. The molecule has 0 spiro atoms. The molecule has 2 aromatic carbocycles. The minimum atomic E-state index is -0.603. The van der Waals surface area contributed by atoms with E-state index in [2.05, 4.69) is 5.32 Å². The molecule has 0 radical (unpaired) electrons. The van der Waals surface area contributed by atoms with Gasteiger partial charge >= 0.3 is 0 Å². The summed E-state index contributed by atoms with van der Waals surface area (Å²) in [5, 5.41) is 13.7. The molecule has 0 saturated carbocycles. The summed E-state index contributed by atoms with van der Waals surface area (Å²) in [6, 6.07) is 9.03. The van der Waals surface area contributed by atoms with E-state index in [9.17, 15) is 14.9 Å². The van der Waals surface area contributed by atoms with Gasteiger partial charge < -0.3 is 11.1 Å². The maximum absolute atomic E-state index is 12.1. The summed E-state index contributed by atoms with van der Waals surface area (Å²) in [5.74, 6) is -0.441. The molecule has 7 heteroatoms. The Morgan fingerprint density at radius 1 is 1.29 bits per heavy atom. The highest BCUT2D eigenvalue weighted by atomic mass is 35.5. The van der Waals surface area contributed by atoms with Gasteiger partial charge in [0, 0.05) is 11.6 Å². The first kappa shape index (κ1) is 14.8. The average molecular weight is 306 g/mol. The van der Waals surface area contributed by atoms with Crippen LogP contribution in [0.3, 0.4) is 0 Å². The molecule has 2 aromatic rings. The number of nitrogens with one attached hydrogen (secondary N) is 1. The van der Waals surface area contributed by atoms with Gasteiger partial charge in [-0.3, -0.25) is 14.9 Å². The van der Waals surface area contributed by atoms with Crippen molar-refractivity contribution in [2.24, 2.45) is 0 Å². The topological polar surface area (TPSA) is 98.3 Å². The number of carbonyl (C=O) groups is 1. The lowest BCUT2D eigenvalue weighted by atomic mass is 10.1. The zero-order valence-electron chi connectivity index (χ0n) is 11.1. The maximum atomic E-state index is 12.1. The lowest BCUT2D eigenvalue weighted by Crippen LogP contribution is -2.13. The van der Waals surface area contributed by atoms with E-state index in [0.717, 1.165) is 5.56 Å². The van der Waals surface area contributed by atoms with E-state index in [4.69, 9.17) is 17.3 Å². The fourth-order valence-electron chi connectivity index (χ4n) is 1.79. The molecule has 0 saturated heterocycles. The molecular formula is C14H12ClN3O3. The van der Waals surface area contributed by atoms with Crippen molar-refractivity contribution in [3.63, 3.8) is 0 Å². The van der Waals surface area contributed by atoms with Crippen LogP contribution in [0.5, 0.6) is 0 Å². The molecule has 108 valence electrons. The van der Waals surface area contributed by atoms with E-state index < -0.39 is 10.8 Å². The number of nitrogen functional groups attached to an aromatic ring is 1. The maximum Gasteiger partial charge on any atom is 0.292 e. The van der Waals surface area contributed by atoms with Gasteiger partial charge in [0.2, 0.25) is 0 Å². The Labute approximate surface area is 125 Å². The summed E-state index contributed by atoms with van der Waals surface area (Å²) < 4.78 is 0. The second-order valence-corrected chi connectivity index (χ2v) is 4.88. The SMILES string of the molecule is Cc1ccc(Cl)c(NC(=O)c2ccc([N+](=O)[O-])c(N)c2)c1. The van der Waals surface area contributed by atoms with Crippen LogP contribution in [0.1, 0.15) is 15.9 Å². The van der Waals surface area contributed by atoms with Crippen LogP contribution in [0.4, 0.5) is 17.1 Å². The van der Waals surface area contributed by atoms with Crippen molar-refractivity contribution in [2.75, 3.05) is 11.1 Å². The zero-order valence-corrected chi connectivity index (χ0v) is 11.8. The van der Waals surface area contributed by atoms with Crippen LogP contribution in [0, 0.1) is 17.0 Å². The monoisotopic (exact) mass is 305 g/mol. The minimum Gasteiger partial charge on any atom is -0.393 e. The van der Waals surface area contributed by atoms with Crippen LogP contribution in [-0.4, -0.2) is 10.8 Å². The van der Waals surface area contributed by atoms with E-state index in [1.165, 1.54) is 18.2 Å². The molecule has 21 heavy (non-hydrogen) atoms. The molecule has 0 bridgehead atoms. The van der Waals surface area contributed by atoms with Crippen molar-refractivity contribution in [3.05, 3.63) is 62.7 Å². The number of nitro benzene ring substituents is 1. The number of aryl methyl sites for hydroxylation is 1. The second-order valence-electron chi connectivity index (χ2n) is 4.47. The highest BCUT2D eigenvalue weighted by molar-refractivity contribution is 6.34. The molecule has 3 N–H and O–H groups in total. The Hall–Kier alpha value is -2.60. The van der Waals surface area contributed by atoms with E-state index in [-0.39, 0.29) is 16.9 Å². The number of anilines is 2. The van der Waals surface area contributed by atoms with Crippen LogP contribution in [0.2, 0.25) is 5.02 Å². The predicted molar refractivity (Wildman–Crippen MR) is 81.7 cm³/mol. The second kappa shape index (κ2) is 5.80. The first-order chi connectivity index (χ1) is 9.88. The van der Waals surface area contributed by atoms with Gasteiger partial charge in [-0.1, -0.05) is 17.7 Å². The first-order valence-electron chi connectivity index (χ1n) is 6.00. The van der Waals surface area contributed by atoms with Gasteiger partial charge in [-0.05, 0) is 36.8 Å². The Balaban J connectivity index is 2.26. The van der Waals surface area contributed by atoms with E-state index in [1.54, 1.807) is 12.1 Å². The molecular weight excluding hydrogens is 294 g/mol. The standard InChI is InChI=1S/C14H12ClN3O3/c1-8-2-4-10(15)12(6-8)17-14(19)9-3-5-13(18(20)21)11(16)7-9/h2-7H,16H2,1H3,(H,17,19). The summed E-state index contributed by atoms with van der Waals surface area (Å²) in [6.45, 7) is 1.87. The lowest BCUT2D eigenvalue weighted by Gasteiger charge is -2.08. The number of amides is 1. The van der Waals surface area contributed by atoms with Gasteiger partial charge in [0.15, 0.2) is 0 Å².